The molecule has 0 atom stereocenters. The van der Waals surface area contributed by atoms with Gasteiger partial charge >= 0.3 is 6.18 Å². The largest absolute Gasteiger partial charge is 0.396 e. The summed E-state index contributed by atoms with van der Waals surface area (Å²) in [5.74, 6) is -0.178. The van der Waals surface area contributed by atoms with Crippen LogP contribution >= 0.6 is 0 Å². The first-order valence-corrected chi connectivity index (χ1v) is 5.93. The third kappa shape index (κ3) is 5.52. The number of hydrogen-bond donors (Lipinski definition) is 1. The minimum atomic E-state index is -4.28. The number of hydrogen-bond acceptors (Lipinski definition) is 4. The van der Waals surface area contributed by atoms with Crippen LogP contribution in [0.3, 0.4) is 0 Å². The van der Waals surface area contributed by atoms with Gasteiger partial charge in [0.25, 0.3) is 0 Å². The molecule has 0 aliphatic rings. The van der Waals surface area contributed by atoms with E-state index < -0.39 is 12.6 Å². The van der Waals surface area contributed by atoms with Crippen LogP contribution in [0.4, 0.5) is 13.2 Å². The molecule has 0 unspecified atom stereocenters. The molecular weight excluding hydrogens is 259 g/mol. The van der Waals surface area contributed by atoms with Gasteiger partial charge in [0.15, 0.2) is 0 Å². The van der Waals surface area contributed by atoms with E-state index in [1.165, 1.54) is 0 Å². The van der Waals surface area contributed by atoms with E-state index >= 15 is 0 Å². The van der Waals surface area contributed by atoms with Crippen LogP contribution in [0.2, 0.25) is 0 Å². The molecular formula is C12H18F3N3O. The number of aryl methyl sites for hydroxylation is 2. The number of nitrogens with one attached hydrogen (secondary N) is 1. The van der Waals surface area contributed by atoms with Crippen LogP contribution in [0.25, 0.3) is 0 Å². The van der Waals surface area contributed by atoms with Crippen molar-refractivity contribution in [3.63, 3.8) is 0 Å². The molecule has 108 valence electrons. The van der Waals surface area contributed by atoms with E-state index in [1.807, 2.05) is 0 Å². The lowest BCUT2D eigenvalue weighted by Crippen LogP contribution is -2.21. The first-order valence-electron chi connectivity index (χ1n) is 5.93. The first kappa shape index (κ1) is 15.8. The zero-order valence-corrected chi connectivity index (χ0v) is 11.3. The minimum absolute atomic E-state index is 0.178. The summed E-state index contributed by atoms with van der Waals surface area (Å²) in [5.41, 5.74) is 2.00. The minimum Gasteiger partial charge on any atom is -0.383 e. The fourth-order valence-electron chi connectivity index (χ4n) is 1.71. The molecule has 4 nitrogen and oxygen atoms in total. The highest BCUT2D eigenvalue weighted by Crippen LogP contribution is 2.20. The van der Waals surface area contributed by atoms with Crippen molar-refractivity contribution >= 4 is 0 Å². The van der Waals surface area contributed by atoms with Gasteiger partial charge in [-0.3, -0.25) is 0 Å². The summed E-state index contributed by atoms with van der Waals surface area (Å²) >= 11 is 0. The zero-order valence-electron chi connectivity index (χ0n) is 11.3. The Morgan fingerprint density at radius 3 is 2.21 bits per heavy atom. The number of nitrogens with zero attached hydrogens (tertiary/aromatic N) is 2. The molecule has 0 aliphatic carbocycles. The summed E-state index contributed by atoms with van der Waals surface area (Å²) < 4.78 is 41.8. The quantitative estimate of drug-likeness (QED) is 0.807. The average molecular weight is 277 g/mol. The van der Waals surface area contributed by atoms with E-state index in [1.54, 1.807) is 21.0 Å². The highest BCUT2D eigenvalue weighted by Gasteiger charge is 2.29. The number of aromatic nitrogens is 2. The van der Waals surface area contributed by atoms with Gasteiger partial charge in [-0.05, 0) is 13.8 Å². The van der Waals surface area contributed by atoms with Gasteiger partial charge in [0, 0.05) is 37.2 Å². The number of methoxy groups -OCH3 is 1. The van der Waals surface area contributed by atoms with Crippen molar-refractivity contribution in [3.8, 4) is 0 Å². The zero-order chi connectivity index (χ0) is 14.5. The van der Waals surface area contributed by atoms with Crippen molar-refractivity contribution in [2.45, 2.75) is 33.0 Å². The second-order valence-corrected chi connectivity index (χ2v) is 4.25. The average Bonchev–Trinajstić information content (AvgIpc) is 2.24. The van der Waals surface area contributed by atoms with Crippen molar-refractivity contribution in [1.82, 2.24) is 15.3 Å². The lowest BCUT2D eigenvalue weighted by Gasteiger charge is -2.12. The van der Waals surface area contributed by atoms with E-state index in [0.717, 1.165) is 5.56 Å². The molecule has 0 fully saturated rings. The molecule has 0 saturated heterocycles. The maximum Gasteiger partial charge on any atom is 0.396 e. The van der Waals surface area contributed by atoms with Gasteiger partial charge in [-0.1, -0.05) is 0 Å². The maximum absolute atomic E-state index is 12.3. The molecule has 0 aliphatic heterocycles. The Morgan fingerprint density at radius 1 is 1.16 bits per heavy atom. The normalized spacial score (nSPS) is 11.9. The van der Waals surface area contributed by atoms with Gasteiger partial charge in [0.2, 0.25) is 0 Å². The molecule has 0 bridgehead atoms. The summed E-state index contributed by atoms with van der Waals surface area (Å²) in [4.78, 5) is 7.83. The smallest absolute Gasteiger partial charge is 0.383 e. The molecule has 0 saturated carbocycles. The second-order valence-electron chi connectivity index (χ2n) is 4.25. The maximum atomic E-state index is 12.3. The first-order chi connectivity index (χ1) is 8.83. The standard InChI is InChI=1S/C12H18F3N3O/c1-8-10(7-16-4-5-19-3)9(2)18-11(17-8)6-12(13,14)15/h16H,4-7H2,1-3H3. The van der Waals surface area contributed by atoms with Crippen LogP contribution in [-0.4, -0.2) is 36.4 Å². The van der Waals surface area contributed by atoms with Gasteiger partial charge in [-0.2, -0.15) is 13.2 Å². The molecule has 7 heteroatoms. The Kier molecular flexibility index (Phi) is 5.68. The van der Waals surface area contributed by atoms with E-state index in [4.69, 9.17) is 4.74 Å². The van der Waals surface area contributed by atoms with E-state index in [0.29, 0.717) is 31.1 Å². The van der Waals surface area contributed by atoms with Gasteiger partial charge in [0.1, 0.15) is 12.2 Å². The molecule has 1 aromatic heterocycles. The highest BCUT2D eigenvalue weighted by molar-refractivity contribution is 5.24. The van der Waals surface area contributed by atoms with Gasteiger partial charge in [-0.15, -0.1) is 0 Å². The van der Waals surface area contributed by atoms with Crippen molar-refractivity contribution in [2.75, 3.05) is 20.3 Å². The fourth-order valence-corrected chi connectivity index (χ4v) is 1.71. The van der Waals surface area contributed by atoms with Crippen LogP contribution in [0, 0.1) is 13.8 Å². The Morgan fingerprint density at radius 2 is 1.74 bits per heavy atom. The molecule has 0 aromatic carbocycles. The summed E-state index contributed by atoms with van der Waals surface area (Å²) in [6.45, 7) is 5.15. The Balaban J connectivity index is 2.74. The molecule has 1 heterocycles. The summed E-state index contributed by atoms with van der Waals surface area (Å²) in [6.07, 6.45) is -5.37. The number of halogens is 3. The summed E-state index contributed by atoms with van der Waals surface area (Å²) in [5, 5.41) is 3.12. The monoisotopic (exact) mass is 277 g/mol. The topological polar surface area (TPSA) is 47.0 Å². The van der Waals surface area contributed by atoms with Crippen LogP contribution in [0.1, 0.15) is 22.8 Å². The van der Waals surface area contributed by atoms with Gasteiger partial charge in [0.05, 0.1) is 6.61 Å². The Labute approximate surface area is 110 Å². The molecule has 1 aromatic rings. The second kappa shape index (κ2) is 6.81. The van der Waals surface area contributed by atoms with Crippen LogP contribution < -0.4 is 5.32 Å². The number of rotatable bonds is 6. The van der Waals surface area contributed by atoms with Crippen molar-refractivity contribution in [3.05, 3.63) is 22.8 Å². The lowest BCUT2D eigenvalue weighted by atomic mass is 10.1. The Hall–Kier alpha value is -1.21. The van der Waals surface area contributed by atoms with E-state index in [2.05, 4.69) is 15.3 Å². The van der Waals surface area contributed by atoms with E-state index in [9.17, 15) is 13.2 Å². The molecule has 19 heavy (non-hydrogen) atoms. The third-order valence-electron chi connectivity index (χ3n) is 2.61. The van der Waals surface area contributed by atoms with Crippen molar-refractivity contribution in [2.24, 2.45) is 0 Å². The predicted octanol–water partition coefficient (Wildman–Crippen LogP) is 1.93. The molecule has 1 rings (SSSR count). The summed E-state index contributed by atoms with van der Waals surface area (Å²) in [7, 11) is 1.60. The predicted molar refractivity (Wildman–Crippen MR) is 64.8 cm³/mol. The van der Waals surface area contributed by atoms with Gasteiger partial charge < -0.3 is 10.1 Å². The molecule has 0 amide bonds. The van der Waals surface area contributed by atoms with Crippen molar-refractivity contribution in [1.29, 1.82) is 0 Å². The van der Waals surface area contributed by atoms with E-state index in [-0.39, 0.29) is 5.82 Å². The summed E-state index contributed by atoms with van der Waals surface area (Å²) in [6, 6.07) is 0. The van der Waals surface area contributed by atoms with Crippen LogP contribution in [-0.2, 0) is 17.7 Å². The molecule has 0 radical (unpaired) electrons. The highest BCUT2D eigenvalue weighted by atomic mass is 19.4. The van der Waals surface area contributed by atoms with Crippen LogP contribution in [0.15, 0.2) is 0 Å². The molecule has 1 N–H and O–H groups in total. The van der Waals surface area contributed by atoms with Gasteiger partial charge in [-0.25, -0.2) is 9.97 Å². The SMILES string of the molecule is COCCNCc1c(C)nc(CC(F)(F)F)nc1C. The lowest BCUT2D eigenvalue weighted by molar-refractivity contribution is -0.128. The third-order valence-corrected chi connectivity index (χ3v) is 2.61. The molecule has 0 spiro atoms. The fraction of sp³-hybridized carbons (Fsp3) is 0.667. The van der Waals surface area contributed by atoms with Crippen molar-refractivity contribution < 1.29 is 17.9 Å². The number of ether oxygens (including phenoxy) is 1. The van der Waals surface area contributed by atoms with Crippen LogP contribution in [0.5, 0.6) is 0 Å². The number of alkyl halides is 3. The Bertz CT molecular complexity index is 398.